The summed E-state index contributed by atoms with van der Waals surface area (Å²) >= 11 is 0. The second-order valence-electron chi connectivity index (χ2n) is 3.32. The molecule has 4 nitrogen and oxygen atoms in total. The Hall–Kier alpha value is -0.900. The predicted octanol–water partition coefficient (Wildman–Crippen LogP) is 0.408. The fourth-order valence-electron chi connectivity index (χ4n) is 1.18. The molecule has 0 saturated heterocycles. The van der Waals surface area contributed by atoms with Crippen molar-refractivity contribution in [3.63, 3.8) is 0 Å². The summed E-state index contributed by atoms with van der Waals surface area (Å²) in [6.07, 6.45) is 3.61. The van der Waals surface area contributed by atoms with Gasteiger partial charge in [-0.25, -0.2) is 4.98 Å². The van der Waals surface area contributed by atoms with E-state index in [4.69, 9.17) is 0 Å². The number of rotatable bonds is 4. The van der Waals surface area contributed by atoms with Gasteiger partial charge in [0.1, 0.15) is 5.82 Å². The smallest absolute Gasteiger partial charge is 0.151 e. The minimum atomic E-state index is 0.782. The lowest BCUT2D eigenvalue weighted by molar-refractivity contribution is 0.667. The Morgan fingerprint density at radius 2 is 2.42 bits per heavy atom. The summed E-state index contributed by atoms with van der Waals surface area (Å²) in [5.74, 6) is 1.82. The highest BCUT2D eigenvalue weighted by atomic mass is 15.2. The van der Waals surface area contributed by atoms with Gasteiger partial charge in [-0.2, -0.15) is 5.10 Å². The van der Waals surface area contributed by atoms with E-state index >= 15 is 0 Å². The van der Waals surface area contributed by atoms with Crippen molar-refractivity contribution < 1.29 is 0 Å². The van der Waals surface area contributed by atoms with Crippen LogP contribution in [-0.2, 0) is 6.42 Å². The van der Waals surface area contributed by atoms with Crippen LogP contribution in [0.3, 0.4) is 0 Å². The van der Waals surface area contributed by atoms with E-state index < -0.39 is 0 Å². The molecule has 1 aliphatic carbocycles. The first-order chi connectivity index (χ1) is 5.84. The number of nitrogens with one attached hydrogen (secondary N) is 2. The zero-order chi connectivity index (χ0) is 8.39. The van der Waals surface area contributed by atoms with Gasteiger partial charge in [0.25, 0.3) is 0 Å². The highest BCUT2D eigenvalue weighted by molar-refractivity contribution is 4.89. The van der Waals surface area contributed by atoms with E-state index in [9.17, 15) is 0 Å². The Bertz CT molecular complexity index is 251. The predicted molar refractivity (Wildman–Crippen MR) is 45.8 cm³/mol. The molecule has 1 aromatic rings. The Labute approximate surface area is 71.8 Å². The molecule has 2 N–H and O–H groups in total. The van der Waals surface area contributed by atoms with Gasteiger partial charge < -0.3 is 5.32 Å². The fourth-order valence-corrected chi connectivity index (χ4v) is 1.18. The molecule has 1 aromatic heterocycles. The standard InChI is InChI=1S/C8H14N4/c1-6-10-8(12-11-6)4-5-9-7-2-3-7/h7,9H,2-5H2,1H3,(H,10,11,12). The summed E-state index contributed by atoms with van der Waals surface area (Å²) in [5, 5.41) is 10.3. The van der Waals surface area contributed by atoms with Crippen LogP contribution in [0.1, 0.15) is 24.5 Å². The quantitative estimate of drug-likeness (QED) is 0.681. The zero-order valence-corrected chi connectivity index (χ0v) is 7.30. The second kappa shape index (κ2) is 3.23. The van der Waals surface area contributed by atoms with Crippen molar-refractivity contribution in [3.05, 3.63) is 11.6 Å². The lowest BCUT2D eigenvalue weighted by Gasteiger charge is -1.97. The maximum absolute atomic E-state index is 4.22. The Morgan fingerprint density at radius 3 is 3.00 bits per heavy atom. The molecule has 0 radical (unpaired) electrons. The molecule has 1 aliphatic rings. The molecule has 0 amide bonds. The van der Waals surface area contributed by atoms with Crippen LogP contribution in [0, 0.1) is 6.92 Å². The third-order valence-corrected chi connectivity index (χ3v) is 2.00. The Balaban J connectivity index is 1.71. The summed E-state index contributed by atoms with van der Waals surface area (Å²) in [6, 6.07) is 0.782. The molecule has 0 unspecified atom stereocenters. The number of hydrogen-bond donors (Lipinski definition) is 2. The van der Waals surface area contributed by atoms with Crippen molar-refractivity contribution in [1.82, 2.24) is 20.5 Å². The third-order valence-electron chi connectivity index (χ3n) is 2.00. The zero-order valence-electron chi connectivity index (χ0n) is 7.30. The van der Waals surface area contributed by atoms with Crippen LogP contribution < -0.4 is 5.32 Å². The van der Waals surface area contributed by atoms with Crippen LogP contribution in [0.25, 0.3) is 0 Å². The Morgan fingerprint density at radius 1 is 1.58 bits per heavy atom. The monoisotopic (exact) mass is 166 g/mol. The molecule has 0 spiro atoms. The number of H-pyrrole nitrogens is 1. The Kier molecular flexibility index (Phi) is 2.08. The minimum absolute atomic E-state index is 0.782. The van der Waals surface area contributed by atoms with E-state index in [1.165, 1.54) is 12.8 Å². The number of aromatic amines is 1. The topological polar surface area (TPSA) is 53.6 Å². The van der Waals surface area contributed by atoms with Crippen molar-refractivity contribution in [1.29, 1.82) is 0 Å². The lowest BCUT2D eigenvalue weighted by atomic mass is 10.4. The first-order valence-corrected chi connectivity index (χ1v) is 4.46. The maximum Gasteiger partial charge on any atom is 0.151 e. The number of aromatic nitrogens is 3. The number of hydrogen-bond acceptors (Lipinski definition) is 3. The summed E-state index contributed by atoms with van der Waals surface area (Å²) in [7, 11) is 0. The van der Waals surface area contributed by atoms with E-state index in [2.05, 4.69) is 20.5 Å². The van der Waals surface area contributed by atoms with Crippen LogP contribution in [0.4, 0.5) is 0 Å². The molecule has 2 rings (SSSR count). The van der Waals surface area contributed by atoms with Crippen LogP contribution >= 0.6 is 0 Å². The molecule has 12 heavy (non-hydrogen) atoms. The highest BCUT2D eigenvalue weighted by Gasteiger charge is 2.19. The van der Waals surface area contributed by atoms with Crippen molar-refractivity contribution in [3.8, 4) is 0 Å². The van der Waals surface area contributed by atoms with Gasteiger partial charge >= 0.3 is 0 Å². The van der Waals surface area contributed by atoms with Crippen LogP contribution in [0.5, 0.6) is 0 Å². The molecule has 0 aromatic carbocycles. The highest BCUT2D eigenvalue weighted by Crippen LogP contribution is 2.18. The van der Waals surface area contributed by atoms with Gasteiger partial charge in [0, 0.05) is 19.0 Å². The molecule has 0 aliphatic heterocycles. The maximum atomic E-state index is 4.22. The number of nitrogens with zero attached hydrogens (tertiary/aromatic N) is 2. The van der Waals surface area contributed by atoms with E-state index in [0.29, 0.717) is 0 Å². The summed E-state index contributed by atoms with van der Waals surface area (Å²) in [4.78, 5) is 4.22. The molecule has 66 valence electrons. The van der Waals surface area contributed by atoms with Gasteiger partial charge in [-0.1, -0.05) is 0 Å². The lowest BCUT2D eigenvalue weighted by Crippen LogP contribution is -2.19. The van der Waals surface area contributed by atoms with Crippen LogP contribution in [-0.4, -0.2) is 27.8 Å². The molecule has 0 atom stereocenters. The van der Waals surface area contributed by atoms with Crippen molar-refractivity contribution in [2.24, 2.45) is 0 Å². The van der Waals surface area contributed by atoms with Gasteiger partial charge in [-0.15, -0.1) is 0 Å². The largest absolute Gasteiger partial charge is 0.314 e. The van der Waals surface area contributed by atoms with Gasteiger partial charge in [-0.05, 0) is 19.8 Å². The number of aryl methyl sites for hydroxylation is 1. The normalized spacial score (nSPS) is 16.8. The van der Waals surface area contributed by atoms with Crippen molar-refractivity contribution >= 4 is 0 Å². The average molecular weight is 166 g/mol. The molecule has 4 heteroatoms. The first-order valence-electron chi connectivity index (χ1n) is 4.46. The molecular formula is C8H14N4. The van der Waals surface area contributed by atoms with E-state index in [1.54, 1.807) is 0 Å². The molecular weight excluding hydrogens is 152 g/mol. The SMILES string of the molecule is Cc1nc(CCNC2CC2)n[nH]1. The van der Waals surface area contributed by atoms with Crippen LogP contribution in [0.15, 0.2) is 0 Å². The van der Waals surface area contributed by atoms with Crippen molar-refractivity contribution in [2.45, 2.75) is 32.2 Å². The first kappa shape index (κ1) is 7.73. The fraction of sp³-hybridized carbons (Fsp3) is 0.750. The van der Waals surface area contributed by atoms with Gasteiger partial charge in [0.05, 0.1) is 0 Å². The summed E-state index contributed by atoms with van der Waals surface area (Å²) in [5.41, 5.74) is 0. The second-order valence-corrected chi connectivity index (χ2v) is 3.32. The van der Waals surface area contributed by atoms with Crippen molar-refractivity contribution in [2.75, 3.05) is 6.54 Å². The van der Waals surface area contributed by atoms with Gasteiger partial charge in [-0.3, -0.25) is 5.10 Å². The van der Waals surface area contributed by atoms with E-state index in [-0.39, 0.29) is 0 Å². The van der Waals surface area contributed by atoms with E-state index in [1.807, 2.05) is 6.92 Å². The summed E-state index contributed by atoms with van der Waals surface area (Å²) < 4.78 is 0. The molecule has 1 saturated carbocycles. The van der Waals surface area contributed by atoms with E-state index in [0.717, 1.165) is 30.7 Å². The third kappa shape index (κ3) is 2.04. The summed E-state index contributed by atoms with van der Waals surface area (Å²) in [6.45, 7) is 2.92. The van der Waals surface area contributed by atoms with Gasteiger partial charge in [0.2, 0.25) is 0 Å². The van der Waals surface area contributed by atoms with Crippen LogP contribution in [0.2, 0.25) is 0 Å². The van der Waals surface area contributed by atoms with Gasteiger partial charge in [0.15, 0.2) is 5.82 Å². The molecule has 0 bridgehead atoms. The molecule has 1 fully saturated rings. The molecule has 1 heterocycles. The minimum Gasteiger partial charge on any atom is -0.314 e. The average Bonchev–Trinajstić information content (AvgIpc) is 2.76.